The highest BCUT2D eigenvalue weighted by molar-refractivity contribution is 7.92. The Kier molecular flexibility index (Phi) is 4.60. The van der Waals surface area contributed by atoms with E-state index in [1.54, 1.807) is 25.1 Å². The Morgan fingerprint density at radius 2 is 1.81 bits per heavy atom. The molecular formula is C16H17N3O6S. The van der Waals surface area contributed by atoms with Crippen molar-refractivity contribution in [3.63, 3.8) is 0 Å². The first-order valence-electron chi connectivity index (χ1n) is 7.50. The third kappa shape index (κ3) is 3.10. The number of aromatic nitrogens is 2. The number of anilines is 1. The molecule has 0 unspecified atom stereocenters. The van der Waals surface area contributed by atoms with Crippen molar-refractivity contribution in [3.8, 4) is 22.6 Å². The van der Waals surface area contributed by atoms with Gasteiger partial charge in [0.1, 0.15) is 5.69 Å². The molecule has 0 bridgehead atoms. The highest BCUT2D eigenvalue weighted by Crippen LogP contribution is 2.36. The predicted octanol–water partition coefficient (Wildman–Crippen LogP) is 2.76. The average Bonchev–Trinajstić information content (AvgIpc) is 3.20. The Morgan fingerprint density at radius 1 is 1.08 bits per heavy atom. The van der Waals surface area contributed by atoms with Crippen molar-refractivity contribution in [3.05, 3.63) is 35.9 Å². The zero-order valence-electron chi connectivity index (χ0n) is 14.6. The molecule has 0 aliphatic carbocycles. The maximum atomic E-state index is 12.7. The van der Waals surface area contributed by atoms with E-state index in [9.17, 15) is 8.42 Å². The van der Waals surface area contributed by atoms with Gasteiger partial charge in [-0.3, -0.25) is 0 Å². The molecule has 1 N–H and O–H groups in total. The highest BCUT2D eigenvalue weighted by Gasteiger charge is 2.27. The minimum absolute atomic E-state index is 0.0304. The number of hydrogen-bond acceptors (Lipinski definition) is 8. The number of nitrogens with zero attached hydrogens (tertiary/aromatic N) is 2. The maximum Gasteiger partial charge on any atom is 0.269 e. The first-order chi connectivity index (χ1) is 12.4. The van der Waals surface area contributed by atoms with Crippen LogP contribution in [-0.4, -0.2) is 33.0 Å². The van der Waals surface area contributed by atoms with Crippen molar-refractivity contribution in [2.75, 3.05) is 18.9 Å². The molecule has 2 heterocycles. The molecule has 0 saturated heterocycles. The fourth-order valence-corrected chi connectivity index (χ4v) is 3.89. The van der Waals surface area contributed by atoms with Crippen molar-refractivity contribution in [1.29, 1.82) is 0 Å². The number of hydrogen-bond donors (Lipinski definition) is 1. The van der Waals surface area contributed by atoms with E-state index in [2.05, 4.69) is 15.0 Å². The van der Waals surface area contributed by atoms with E-state index in [-0.39, 0.29) is 22.2 Å². The van der Waals surface area contributed by atoms with Gasteiger partial charge < -0.3 is 18.5 Å². The molecule has 0 aliphatic heterocycles. The molecule has 10 heteroatoms. The third-order valence-corrected chi connectivity index (χ3v) is 5.30. The number of rotatable bonds is 6. The molecule has 1 aromatic carbocycles. The molecule has 0 saturated carbocycles. The van der Waals surface area contributed by atoms with Crippen molar-refractivity contribution in [2.45, 2.75) is 18.7 Å². The lowest BCUT2D eigenvalue weighted by atomic mass is 10.1. The lowest BCUT2D eigenvalue weighted by Crippen LogP contribution is -2.14. The van der Waals surface area contributed by atoms with Gasteiger partial charge in [-0.1, -0.05) is 16.4 Å². The van der Waals surface area contributed by atoms with Crippen molar-refractivity contribution in [2.24, 2.45) is 0 Å². The largest absolute Gasteiger partial charge is 0.493 e. The average molecular weight is 379 g/mol. The molecule has 3 rings (SSSR count). The number of benzene rings is 1. The number of methoxy groups -OCH3 is 2. The summed E-state index contributed by atoms with van der Waals surface area (Å²) in [4.78, 5) is -0.0350. The van der Waals surface area contributed by atoms with Crippen LogP contribution in [0.4, 0.5) is 5.88 Å². The van der Waals surface area contributed by atoms with E-state index in [4.69, 9.17) is 18.5 Å². The first kappa shape index (κ1) is 17.8. The fraction of sp³-hybridized carbons (Fsp3) is 0.250. The van der Waals surface area contributed by atoms with Crippen LogP contribution in [0.2, 0.25) is 0 Å². The molecule has 0 radical (unpaired) electrons. The highest BCUT2D eigenvalue weighted by atomic mass is 32.2. The van der Waals surface area contributed by atoms with Gasteiger partial charge in [0.05, 0.1) is 26.0 Å². The SMILES string of the molecule is COc1ccc(-c2cnoc2NS(=O)(=O)c2c(C)noc2C)cc1OC. The summed E-state index contributed by atoms with van der Waals surface area (Å²) in [6.07, 6.45) is 1.41. The Morgan fingerprint density at radius 3 is 2.42 bits per heavy atom. The molecule has 3 aromatic rings. The van der Waals surface area contributed by atoms with Gasteiger partial charge in [-0.25, -0.2) is 13.1 Å². The zero-order valence-corrected chi connectivity index (χ0v) is 15.4. The quantitative estimate of drug-likeness (QED) is 0.695. The number of sulfonamides is 1. The minimum atomic E-state index is -3.96. The molecule has 0 fully saturated rings. The van der Waals surface area contributed by atoms with Gasteiger partial charge in [-0.2, -0.15) is 0 Å². The van der Waals surface area contributed by atoms with E-state index in [0.29, 0.717) is 22.6 Å². The predicted molar refractivity (Wildman–Crippen MR) is 91.8 cm³/mol. The van der Waals surface area contributed by atoms with Gasteiger partial charge >= 0.3 is 0 Å². The van der Waals surface area contributed by atoms with E-state index in [0.717, 1.165) is 0 Å². The molecule has 2 aromatic heterocycles. The summed E-state index contributed by atoms with van der Waals surface area (Å²) in [6.45, 7) is 3.06. The van der Waals surface area contributed by atoms with Crippen molar-refractivity contribution in [1.82, 2.24) is 10.3 Å². The normalized spacial score (nSPS) is 11.4. The van der Waals surface area contributed by atoms with E-state index in [1.807, 2.05) is 0 Å². The van der Waals surface area contributed by atoms with Crippen molar-refractivity contribution < 1.29 is 26.9 Å². The zero-order chi connectivity index (χ0) is 18.9. The molecule has 26 heavy (non-hydrogen) atoms. The molecule has 0 spiro atoms. The molecule has 0 aliphatic rings. The van der Waals surface area contributed by atoms with Crippen LogP contribution in [0.15, 0.2) is 38.3 Å². The standard InChI is InChI=1S/C16H17N3O6S/c1-9-15(10(2)24-18-9)26(20,21)19-16-12(8-17-25-16)11-5-6-13(22-3)14(7-11)23-4/h5-8,19H,1-4H3. The van der Waals surface area contributed by atoms with Crippen LogP contribution in [0.3, 0.4) is 0 Å². The smallest absolute Gasteiger partial charge is 0.269 e. The Bertz CT molecular complexity index is 1020. The molecule has 138 valence electrons. The Labute approximate surface area is 149 Å². The van der Waals surface area contributed by atoms with Gasteiger partial charge in [-0.15, -0.1) is 0 Å². The minimum Gasteiger partial charge on any atom is -0.493 e. The summed E-state index contributed by atoms with van der Waals surface area (Å²) in [5.74, 6) is 1.19. The lowest BCUT2D eigenvalue weighted by Gasteiger charge is -2.10. The van der Waals surface area contributed by atoms with Gasteiger partial charge in [0.15, 0.2) is 22.2 Å². The molecule has 0 amide bonds. The monoisotopic (exact) mass is 379 g/mol. The van der Waals surface area contributed by atoms with E-state index < -0.39 is 10.0 Å². The molecule has 0 atom stereocenters. The maximum absolute atomic E-state index is 12.7. The summed E-state index contributed by atoms with van der Waals surface area (Å²) in [6, 6.07) is 5.13. The summed E-state index contributed by atoms with van der Waals surface area (Å²) in [5.41, 5.74) is 1.34. The number of aryl methyl sites for hydroxylation is 2. The van der Waals surface area contributed by atoms with Gasteiger partial charge in [0.25, 0.3) is 10.0 Å². The van der Waals surface area contributed by atoms with Crippen LogP contribution >= 0.6 is 0 Å². The molecular weight excluding hydrogens is 362 g/mol. The van der Waals surface area contributed by atoms with Crippen LogP contribution in [0.1, 0.15) is 11.5 Å². The Hall–Kier alpha value is -3.01. The van der Waals surface area contributed by atoms with Crippen LogP contribution in [-0.2, 0) is 10.0 Å². The second-order valence-electron chi connectivity index (χ2n) is 5.40. The van der Waals surface area contributed by atoms with Crippen molar-refractivity contribution >= 4 is 15.9 Å². The van der Waals surface area contributed by atoms with Crippen LogP contribution in [0, 0.1) is 13.8 Å². The number of nitrogens with one attached hydrogen (secondary N) is 1. The fourth-order valence-electron chi connectivity index (χ4n) is 2.55. The van der Waals surface area contributed by atoms with E-state index in [1.165, 1.54) is 27.3 Å². The van der Waals surface area contributed by atoms with Crippen LogP contribution in [0.5, 0.6) is 11.5 Å². The van der Waals surface area contributed by atoms with Gasteiger partial charge in [0.2, 0.25) is 5.88 Å². The topological polar surface area (TPSA) is 117 Å². The number of ether oxygens (including phenoxy) is 2. The third-order valence-electron chi connectivity index (χ3n) is 3.73. The summed E-state index contributed by atoms with van der Waals surface area (Å²) >= 11 is 0. The first-order valence-corrected chi connectivity index (χ1v) is 8.98. The van der Waals surface area contributed by atoms with Crippen LogP contribution < -0.4 is 14.2 Å². The summed E-state index contributed by atoms with van der Waals surface area (Å²) in [5, 5.41) is 7.36. The summed E-state index contributed by atoms with van der Waals surface area (Å²) in [7, 11) is -0.918. The second-order valence-corrected chi connectivity index (χ2v) is 7.02. The Balaban J connectivity index is 2.00. The summed E-state index contributed by atoms with van der Waals surface area (Å²) < 4.78 is 48.2. The lowest BCUT2D eigenvalue weighted by molar-refractivity contribution is 0.355. The second kappa shape index (κ2) is 6.71. The van der Waals surface area contributed by atoms with Gasteiger partial charge in [-0.05, 0) is 31.5 Å². The molecule has 9 nitrogen and oxygen atoms in total. The van der Waals surface area contributed by atoms with Crippen LogP contribution in [0.25, 0.3) is 11.1 Å². The van der Waals surface area contributed by atoms with Gasteiger partial charge in [0, 0.05) is 0 Å². The van der Waals surface area contributed by atoms with E-state index >= 15 is 0 Å².